The molecule has 1 N–H and O–H groups in total. The van der Waals surface area contributed by atoms with Crippen LogP contribution in [0.1, 0.15) is 29.4 Å². The van der Waals surface area contributed by atoms with Crippen LogP contribution in [0.3, 0.4) is 0 Å². The molecule has 0 radical (unpaired) electrons. The predicted molar refractivity (Wildman–Crippen MR) is 80.5 cm³/mol. The van der Waals surface area contributed by atoms with Crippen molar-refractivity contribution in [2.24, 2.45) is 0 Å². The van der Waals surface area contributed by atoms with E-state index >= 15 is 0 Å². The fourth-order valence-electron chi connectivity index (χ4n) is 2.64. The molecule has 3 aromatic rings. The van der Waals surface area contributed by atoms with E-state index < -0.39 is 5.97 Å². The maximum atomic E-state index is 11.3. The monoisotopic (exact) mass is 283 g/mol. The van der Waals surface area contributed by atoms with E-state index in [9.17, 15) is 9.90 Å². The van der Waals surface area contributed by atoms with Gasteiger partial charge in [-0.1, -0.05) is 13.0 Å². The normalized spacial score (nSPS) is 11.1. The van der Waals surface area contributed by atoms with E-state index in [0.29, 0.717) is 12.1 Å². The van der Waals surface area contributed by atoms with Gasteiger partial charge in [-0.15, -0.1) is 0 Å². The highest BCUT2D eigenvalue weighted by molar-refractivity contribution is 6.02. The average Bonchev–Trinajstić information content (AvgIpc) is 3.07. The molecule has 1 aromatic carbocycles. The Balaban J connectivity index is 2.00. The topological polar surface area (TPSA) is 60.0 Å². The SMILES string of the molecule is CCCn1cncc1Cn1ccc2c(C(=O)O)cccc21. The number of carboxylic acids is 1. The van der Waals surface area contributed by atoms with E-state index in [2.05, 4.69) is 21.0 Å². The first-order valence-corrected chi connectivity index (χ1v) is 7.01. The number of fused-ring (bicyclic) bond motifs is 1. The van der Waals surface area contributed by atoms with Gasteiger partial charge in [-0.05, 0) is 24.6 Å². The second kappa shape index (κ2) is 5.44. The summed E-state index contributed by atoms with van der Waals surface area (Å²) in [5, 5.41) is 10.0. The summed E-state index contributed by atoms with van der Waals surface area (Å²) in [5.74, 6) is -0.894. The van der Waals surface area contributed by atoms with E-state index in [1.807, 2.05) is 30.9 Å². The van der Waals surface area contributed by atoms with Gasteiger partial charge in [-0.25, -0.2) is 9.78 Å². The molecule has 0 amide bonds. The fraction of sp³-hybridized carbons (Fsp3) is 0.250. The summed E-state index contributed by atoms with van der Waals surface area (Å²) in [6.45, 7) is 3.76. The lowest BCUT2D eigenvalue weighted by Gasteiger charge is -2.09. The van der Waals surface area contributed by atoms with Crippen LogP contribution in [0.4, 0.5) is 0 Å². The number of aromatic nitrogens is 3. The van der Waals surface area contributed by atoms with Crippen LogP contribution in [0, 0.1) is 0 Å². The van der Waals surface area contributed by atoms with Crippen molar-refractivity contribution in [1.29, 1.82) is 0 Å². The van der Waals surface area contributed by atoms with Crippen molar-refractivity contribution in [1.82, 2.24) is 14.1 Å². The number of hydrogen-bond donors (Lipinski definition) is 1. The van der Waals surface area contributed by atoms with Crippen molar-refractivity contribution >= 4 is 16.9 Å². The maximum Gasteiger partial charge on any atom is 0.336 e. The van der Waals surface area contributed by atoms with Gasteiger partial charge < -0.3 is 14.2 Å². The molecule has 0 fully saturated rings. The molecule has 0 saturated heterocycles. The molecule has 0 aliphatic carbocycles. The van der Waals surface area contributed by atoms with Gasteiger partial charge in [-0.2, -0.15) is 0 Å². The van der Waals surface area contributed by atoms with Crippen molar-refractivity contribution in [3.63, 3.8) is 0 Å². The summed E-state index contributed by atoms with van der Waals surface area (Å²) in [5.41, 5.74) is 2.39. The van der Waals surface area contributed by atoms with Crippen molar-refractivity contribution in [3.05, 3.63) is 54.2 Å². The molecule has 5 nitrogen and oxygen atoms in total. The first-order chi connectivity index (χ1) is 10.2. The Morgan fingerprint density at radius 3 is 2.90 bits per heavy atom. The second-order valence-corrected chi connectivity index (χ2v) is 5.07. The molecular weight excluding hydrogens is 266 g/mol. The first kappa shape index (κ1) is 13.4. The second-order valence-electron chi connectivity index (χ2n) is 5.07. The van der Waals surface area contributed by atoms with Crippen LogP contribution in [-0.4, -0.2) is 25.2 Å². The lowest BCUT2D eigenvalue weighted by Crippen LogP contribution is -2.06. The van der Waals surface area contributed by atoms with E-state index in [1.165, 1.54) is 0 Å². The Bertz CT molecular complexity index is 786. The Morgan fingerprint density at radius 2 is 2.14 bits per heavy atom. The summed E-state index contributed by atoms with van der Waals surface area (Å²) in [6, 6.07) is 7.23. The Kier molecular flexibility index (Phi) is 3.48. The lowest BCUT2D eigenvalue weighted by atomic mass is 10.1. The quantitative estimate of drug-likeness (QED) is 0.783. The number of aromatic carboxylic acids is 1. The number of carboxylic acid groups (broad SMARTS) is 1. The standard InChI is InChI=1S/C16H17N3O2/c1-2-7-19-11-17-9-12(19)10-18-8-6-13-14(16(20)21)4-3-5-15(13)18/h3-6,8-9,11H,2,7,10H2,1H3,(H,20,21). The molecule has 0 bridgehead atoms. The molecule has 0 spiro atoms. The number of carbonyl (C=O) groups is 1. The van der Waals surface area contributed by atoms with E-state index in [1.54, 1.807) is 12.1 Å². The Labute approximate surface area is 122 Å². The molecule has 3 rings (SSSR count). The number of aryl methyl sites for hydroxylation is 1. The molecule has 0 unspecified atom stereocenters. The van der Waals surface area contributed by atoms with E-state index in [-0.39, 0.29) is 0 Å². The zero-order valence-electron chi connectivity index (χ0n) is 11.9. The summed E-state index contributed by atoms with van der Waals surface area (Å²) in [7, 11) is 0. The number of nitrogens with zero attached hydrogens (tertiary/aromatic N) is 3. The van der Waals surface area contributed by atoms with Gasteiger partial charge in [0.05, 0.1) is 24.1 Å². The molecule has 0 aliphatic heterocycles. The minimum atomic E-state index is -0.894. The maximum absolute atomic E-state index is 11.3. The smallest absolute Gasteiger partial charge is 0.336 e. The number of benzene rings is 1. The third kappa shape index (κ3) is 2.42. The van der Waals surface area contributed by atoms with Gasteiger partial charge >= 0.3 is 5.97 Å². The van der Waals surface area contributed by atoms with Gasteiger partial charge in [0.1, 0.15) is 0 Å². The number of hydrogen-bond acceptors (Lipinski definition) is 2. The summed E-state index contributed by atoms with van der Waals surface area (Å²) >= 11 is 0. The molecule has 0 aliphatic rings. The lowest BCUT2D eigenvalue weighted by molar-refractivity contribution is 0.0699. The zero-order valence-corrected chi connectivity index (χ0v) is 11.9. The van der Waals surface area contributed by atoms with Crippen molar-refractivity contribution < 1.29 is 9.90 Å². The van der Waals surface area contributed by atoms with Gasteiger partial charge in [0, 0.05) is 29.8 Å². The van der Waals surface area contributed by atoms with Gasteiger partial charge in [0.2, 0.25) is 0 Å². The summed E-state index contributed by atoms with van der Waals surface area (Å²) in [4.78, 5) is 15.5. The molecule has 5 heteroatoms. The van der Waals surface area contributed by atoms with Gasteiger partial charge in [0.15, 0.2) is 0 Å². The van der Waals surface area contributed by atoms with Crippen LogP contribution in [0.15, 0.2) is 43.0 Å². The molecule has 108 valence electrons. The van der Waals surface area contributed by atoms with Crippen LogP contribution < -0.4 is 0 Å². The zero-order chi connectivity index (χ0) is 14.8. The van der Waals surface area contributed by atoms with E-state index in [4.69, 9.17) is 0 Å². The van der Waals surface area contributed by atoms with Crippen molar-refractivity contribution in [3.8, 4) is 0 Å². The molecule has 0 saturated carbocycles. The fourth-order valence-corrected chi connectivity index (χ4v) is 2.64. The summed E-state index contributed by atoms with van der Waals surface area (Å²) < 4.78 is 4.19. The highest BCUT2D eigenvalue weighted by Gasteiger charge is 2.11. The Morgan fingerprint density at radius 1 is 1.29 bits per heavy atom. The predicted octanol–water partition coefficient (Wildman–Crippen LogP) is 2.99. The van der Waals surface area contributed by atoms with Crippen molar-refractivity contribution in [2.75, 3.05) is 0 Å². The number of rotatable bonds is 5. The van der Waals surface area contributed by atoms with Gasteiger partial charge in [0.25, 0.3) is 0 Å². The molecule has 2 heterocycles. The molecular formula is C16H17N3O2. The third-order valence-electron chi connectivity index (χ3n) is 3.64. The average molecular weight is 283 g/mol. The minimum absolute atomic E-state index is 0.341. The van der Waals surface area contributed by atoms with E-state index in [0.717, 1.165) is 29.6 Å². The highest BCUT2D eigenvalue weighted by Crippen LogP contribution is 2.21. The molecule has 0 atom stereocenters. The van der Waals surface area contributed by atoms with Gasteiger partial charge in [-0.3, -0.25) is 0 Å². The van der Waals surface area contributed by atoms with Crippen LogP contribution in [0.2, 0.25) is 0 Å². The van der Waals surface area contributed by atoms with Crippen molar-refractivity contribution in [2.45, 2.75) is 26.4 Å². The summed E-state index contributed by atoms with van der Waals surface area (Å²) in [6.07, 6.45) is 6.69. The highest BCUT2D eigenvalue weighted by atomic mass is 16.4. The number of imidazole rings is 1. The minimum Gasteiger partial charge on any atom is -0.478 e. The first-order valence-electron chi connectivity index (χ1n) is 7.01. The van der Waals surface area contributed by atoms with Crippen LogP contribution in [0.5, 0.6) is 0 Å². The Hall–Kier alpha value is -2.56. The third-order valence-corrected chi connectivity index (χ3v) is 3.64. The van der Waals surface area contributed by atoms with Crippen LogP contribution >= 0.6 is 0 Å². The molecule has 2 aromatic heterocycles. The largest absolute Gasteiger partial charge is 0.478 e. The molecule has 21 heavy (non-hydrogen) atoms. The van der Waals surface area contributed by atoms with Crippen LogP contribution in [-0.2, 0) is 13.1 Å². The van der Waals surface area contributed by atoms with Crippen LogP contribution in [0.25, 0.3) is 10.9 Å².